The van der Waals surface area contributed by atoms with Crippen LogP contribution in [0.25, 0.3) is 22.6 Å². The highest BCUT2D eigenvalue weighted by atomic mass is 35.5. The molecule has 1 heterocycles. The Kier molecular flexibility index (Phi) is 7.68. The van der Waals surface area contributed by atoms with Gasteiger partial charge in [0.2, 0.25) is 17.9 Å². The van der Waals surface area contributed by atoms with E-state index in [4.69, 9.17) is 25.5 Å². The van der Waals surface area contributed by atoms with E-state index in [1.165, 1.54) is 37.3 Å². The summed E-state index contributed by atoms with van der Waals surface area (Å²) in [6.45, 7) is 1.10. The van der Waals surface area contributed by atoms with E-state index in [9.17, 15) is 22.8 Å². The number of fused-ring (bicyclic) bond motifs is 1. The van der Waals surface area contributed by atoms with E-state index in [1.807, 2.05) is 0 Å². The molecule has 0 aliphatic rings. The minimum atomic E-state index is -4.64. The number of halogens is 4. The molecule has 1 unspecified atom stereocenters. The number of nitrogens with one attached hydrogen (secondary N) is 1. The van der Waals surface area contributed by atoms with Crippen molar-refractivity contribution >= 4 is 34.6 Å². The van der Waals surface area contributed by atoms with E-state index in [0.29, 0.717) is 16.1 Å². The normalized spacial score (nSPS) is 12.2. The Hall–Kier alpha value is -4.05. The van der Waals surface area contributed by atoms with Crippen LogP contribution in [0.2, 0.25) is 5.02 Å². The quantitative estimate of drug-likeness (QED) is 0.222. The van der Waals surface area contributed by atoms with Gasteiger partial charge in [-0.2, -0.15) is 13.2 Å². The fraction of sp³-hybridized carbons (Fsp3) is 0.192. The van der Waals surface area contributed by atoms with E-state index >= 15 is 0 Å². The molecule has 0 radical (unpaired) electrons. The molecular formula is C26H20ClF3N2O5. The van der Waals surface area contributed by atoms with Crippen molar-refractivity contribution in [2.45, 2.75) is 19.2 Å². The van der Waals surface area contributed by atoms with Crippen molar-refractivity contribution in [1.29, 1.82) is 0 Å². The molecule has 1 amide bonds. The van der Waals surface area contributed by atoms with E-state index in [1.54, 1.807) is 24.3 Å². The van der Waals surface area contributed by atoms with Crippen molar-refractivity contribution in [3.8, 4) is 17.2 Å². The van der Waals surface area contributed by atoms with Crippen LogP contribution in [0.5, 0.6) is 5.75 Å². The number of carbonyl (C=O) groups is 2. The van der Waals surface area contributed by atoms with Gasteiger partial charge < -0.3 is 19.2 Å². The number of oxazole rings is 1. The zero-order valence-corrected chi connectivity index (χ0v) is 20.1. The highest BCUT2D eigenvalue weighted by molar-refractivity contribution is 6.30. The molecule has 37 heavy (non-hydrogen) atoms. The second kappa shape index (κ2) is 10.9. The summed E-state index contributed by atoms with van der Waals surface area (Å²) < 4.78 is 57.1. The van der Waals surface area contributed by atoms with Crippen LogP contribution in [0.3, 0.4) is 0 Å². The third-order valence-electron chi connectivity index (χ3n) is 5.16. The number of hydrogen-bond donors (Lipinski definition) is 1. The van der Waals surface area contributed by atoms with Crippen LogP contribution < -0.4 is 10.1 Å². The lowest BCUT2D eigenvalue weighted by Gasteiger charge is -2.21. The molecule has 4 aromatic rings. The lowest BCUT2D eigenvalue weighted by Crippen LogP contribution is -2.28. The van der Waals surface area contributed by atoms with Gasteiger partial charge in [0, 0.05) is 17.5 Å². The summed E-state index contributed by atoms with van der Waals surface area (Å²) in [7, 11) is 0. The fourth-order valence-electron chi connectivity index (χ4n) is 3.47. The maximum Gasteiger partial charge on any atom is 0.416 e. The Morgan fingerprint density at radius 3 is 2.59 bits per heavy atom. The summed E-state index contributed by atoms with van der Waals surface area (Å²) in [6, 6.07) is 15.7. The largest absolute Gasteiger partial charge is 0.473 e. The van der Waals surface area contributed by atoms with Crippen molar-refractivity contribution in [1.82, 2.24) is 10.3 Å². The average molecular weight is 533 g/mol. The Bertz CT molecular complexity index is 1400. The molecule has 11 heteroatoms. The number of ether oxygens (including phenoxy) is 2. The van der Waals surface area contributed by atoms with Crippen molar-refractivity contribution in [3.05, 3.63) is 82.9 Å². The first-order valence-corrected chi connectivity index (χ1v) is 11.4. The van der Waals surface area contributed by atoms with Crippen LogP contribution >= 0.6 is 11.6 Å². The van der Waals surface area contributed by atoms with Gasteiger partial charge in [0.25, 0.3) is 0 Å². The summed E-state index contributed by atoms with van der Waals surface area (Å²) in [5.74, 6) is -1.06. The first-order valence-electron chi connectivity index (χ1n) is 11.0. The molecule has 0 fully saturated rings. The molecule has 0 saturated heterocycles. The topological polar surface area (TPSA) is 90.7 Å². The van der Waals surface area contributed by atoms with E-state index in [2.05, 4.69) is 10.3 Å². The van der Waals surface area contributed by atoms with Gasteiger partial charge in [0.15, 0.2) is 5.58 Å². The zero-order chi connectivity index (χ0) is 26.6. The second-order valence-electron chi connectivity index (χ2n) is 7.90. The highest BCUT2D eigenvalue weighted by Gasteiger charge is 2.33. The van der Waals surface area contributed by atoms with Gasteiger partial charge >= 0.3 is 12.1 Å². The molecule has 192 valence electrons. The summed E-state index contributed by atoms with van der Waals surface area (Å²) in [5.41, 5.74) is 0.301. The molecule has 0 aliphatic carbocycles. The Labute approximate surface area is 214 Å². The predicted molar refractivity (Wildman–Crippen MR) is 129 cm³/mol. The fourth-order valence-corrected chi connectivity index (χ4v) is 3.64. The number of carbonyl (C=O) groups excluding carboxylic acids is 2. The second-order valence-corrected chi connectivity index (χ2v) is 8.34. The standard InChI is InChI=1S/C26H20ClF3N2O5/c1-15(33)31-11-12-35-25(34)23(16-5-4-6-17(13-16)26(28,29)30)36-21-10-9-18(27)14-19(21)24-32-20-7-2-3-8-22(20)37-24/h2-10,13-14,23H,11-12H2,1H3,(H,31,33). The van der Waals surface area contributed by atoms with Gasteiger partial charge in [-0.1, -0.05) is 35.9 Å². The lowest BCUT2D eigenvalue weighted by molar-refractivity contribution is -0.152. The first kappa shape index (κ1) is 26.0. The number of para-hydroxylation sites is 2. The lowest BCUT2D eigenvalue weighted by atomic mass is 10.1. The SMILES string of the molecule is CC(=O)NCCOC(=O)C(Oc1ccc(Cl)cc1-c1nc2ccccc2o1)c1cccc(C(F)(F)F)c1. The monoisotopic (exact) mass is 532 g/mol. The van der Waals surface area contributed by atoms with Crippen LogP contribution in [0.15, 0.2) is 71.1 Å². The summed E-state index contributed by atoms with van der Waals surface area (Å²) in [5, 5.41) is 2.78. The molecule has 3 aromatic carbocycles. The maximum absolute atomic E-state index is 13.4. The van der Waals surface area contributed by atoms with Gasteiger partial charge in [0.1, 0.15) is 17.9 Å². The van der Waals surface area contributed by atoms with Gasteiger partial charge in [0.05, 0.1) is 17.7 Å². The molecule has 0 spiro atoms. The molecule has 4 rings (SSSR count). The Balaban J connectivity index is 1.71. The summed E-state index contributed by atoms with van der Waals surface area (Å²) in [4.78, 5) is 28.5. The number of benzene rings is 3. The maximum atomic E-state index is 13.4. The van der Waals surface area contributed by atoms with E-state index in [0.717, 1.165) is 12.1 Å². The number of esters is 1. The number of nitrogens with zero attached hydrogens (tertiary/aromatic N) is 1. The smallest absolute Gasteiger partial charge is 0.416 e. The number of rotatable bonds is 8. The first-order chi connectivity index (χ1) is 17.6. The van der Waals surface area contributed by atoms with Crippen LogP contribution in [0, 0.1) is 0 Å². The molecule has 1 N–H and O–H groups in total. The predicted octanol–water partition coefficient (Wildman–Crippen LogP) is 5.97. The van der Waals surface area contributed by atoms with Crippen molar-refractivity contribution in [3.63, 3.8) is 0 Å². The number of hydrogen-bond acceptors (Lipinski definition) is 6. The summed E-state index contributed by atoms with van der Waals surface area (Å²) in [6.07, 6.45) is -6.22. The van der Waals surface area contributed by atoms with Crippen LogP contribution in [-0.4, -0.2) is 30.0 Å². The average Bonchev–Trinajstić information content (AvgIpc) is 3.29. The summed E-state index contributed by atoms with van der Waals surface area (Å²) >= 11 is 6.19. The minimum Gasteiger partial charge on any atom is -0.473 e. The van der Waals surface area contributed by atoms with Gasteiger partial charge in [-0.25, -0.2) is 9.78 Å². The van der Waals surface area contributed by atoms with Crippen molar-refractivity contribution in [2.75, 3.05) is 13.2 Å². The van der Waals surface area contributed by atoms with Gasteiger partial charge in [-0.15, -0.1) is 0 Å². The van der Waals surface area contributed by atoms with Crippen LogP contribution in [0.4, 0.5) is 13.2 Å². The van der Waals surface area contributed by atoms with Gasteiger partial charge in [-0.3, -0.25) is 4.79 Å². The molecule has 0 saturated carbocycles. The number of aromatic nitrogens is 1. The Morgan fingerprint density at radius 1 is 1.08 bits per heavy atom. The van der Waals surface area contributed by atoms with Crippen LogP contribution in [-0.2, 0) is 20.5 Å². The molecular weight excluding hydrogens is 513 g/mol. The number of amides is 1. The molecule has 0 bridgehead atoms. The molecule has 1 aromatic heterocycles. The van der Waals surface area contributed by atoms with Crippen molar-refractivity contribution in [2.24, 2.45) is 0 Å². The third-order valence-corrected chi connectivity index (χ3v) is 5.40. The molecule has 7 nitrogen and oxygen atoms in total. The van der Waals surface area contributed by atoms with E-state index in [-0.39, 0.29) is 41.8 Å². The molecule has 0 aliphatic heterocycles. The highest BCUT2D eigenvalue weighted by Crippen LogP contribution is 2.38. The van der Waals surface area contributed by atoms with Crippen LogP contribution in [0.1, 0.15) is 24.2 Å². The zero-order valence-electron chi connectivity index (χ0n) is 19.3. The van der Waals surface area contributed by atoms with Crippen molar-refractivity contribution < 1.29 is 36.7 Å². The van der Waals surface area contributed by atoms with Gasteiger partial charge in [-0.05, 0) is 42.5 Å². The third kappa shape index (κ3) is 6.39. The molecule has 1 atom stereocenters. The Morgan fingerprint density at radius 2 is 1.86 bits per heavy atom. The number of alkyl halides is 3. The minimum absolute atomic E-state index is 0.0193. The van der Waals surface area contributed by atoms with E-state index < -0.39 is 23.8 Å².